The van der Waals surface area contributed by atoms with Crippen molar-refractivity contribution in [3.63, 3.8) is 0 Å². The molecule has 222 valence electrons. The highest BCUT2D eigenvalue weighted by atomic mass is 35.5. The molecule has 5 heterocycles. The fourth-order valence-electron chi connectivity index (χ4n) is 6.03. The van der Waals surface area contributed by atoms with Gasteiger partial charge in [-0.25, -0.2) is 14.3 Å². The van der Waals surface area contributed by atoms with Gasteiger partial charge in [0, 0.05) is 31.4 Å². The van der Waals surface area contributed by atoms with E-state index in [9.17, 15) is 9.59 Å². The van der Waals surface area contributed by atoms with Gasteiger partial charge in [0.1, 0.15) is 22.8 Å². The number of carbonyl (C=O) groups is 1. The van der Waals surface area contributed by atoms with Crippen molar-refractivity contribution in [2.75, 3.05) is 31.1 Å². The average Bonchev–Trinajstić information content (AvgIpc) is 3.15. The minimum Gasteiger partial charge on any atom is -0.489 e. The van der Waals surface area contributed by atoms with Crippen molar-refractivity contribution in [2.45, 2.75) is 52.5 Å². The third kappa shape index (κ3) is 4.85. The number of benzene rings is 1. The summed E-state index contributed by atoms with van der Waals surface area (Å²) in [5.41, 5.74) is 4.74. The number of ether oxygens (including phenoxy) is 1. The van der Waals surface area contributed by atoms with Gasteiger partial charge in [0.15, 0.2) is 11.4 Å². The maximum atomic E-state index is 14.2. The number of aryl methyl sites for hydroxylation is 1. The topological polar surface area (TPSA) is 93.5 Å². The van der Waals surface area contributed by atoms with Gasteiger partial charge in [0.2, 0.25) is 5.91 Å². The number of hydrogen-bond donors (Lipinski definition) is 0. The Morgan fingerprint density at radius 1 is 1.14 bits per heavy atom. The maximum absolute atomic E-state index is 14.2. The Morgan fingerprint density at radius 2 is 1.93 bits per heavy atom. The van der Waals surface area contributed by atoms with Crippen molar-refractivity contribution in [1.29, 1.82) is 0 Å². The van der Waals surface area contributed by atoms with Crippen molar-refractivity contribution < 1.29 is 9.53 Å². The van der Waals surface area contributed by atoms with Crippen LogP contribution in [0.25, 0.3) is 28.0 Å². The molecule has 2 aliphatic heterocycles. The summed E-state index contributed by atoms with van der Waals surface area (Å²) in [4.78, 5) is 44.9. The van der Waals surface area contributed by atoms with Crippen molar-refractivity contribution in [1.82, 2.24) is 24.4 Å². The van der Waals surface area contributed by atoms with E-state index in [1.54, 1.807) is 15.7 Å². The number of nitrogens with zero attached hydrogens (tertiary/aromatic N) is 6. The lowest BCUT2D eigenvalue weighted by atomic mass is 9.99. The summed E-state index contributed by atoms with van der Waals surface area (Å²) < 4.78 is 8.08. The molecule has 0 bridgehead atoms. The minimum absolute atomic E-state index is 0.0391. The van der Waals surface area contributed by atoms with Crippen LogP contribution in [-0.2, 0) is 4.79 Å². The Morgan fingerprint density at radius 3 is 2.65 bits per heavy atom. The van der Waals surface area contributed by atoms with Crippen LogP contribution in [0, 0.1) is 6.92 Å². The molecule has 43 heavy (non-hydrogen) atoms. The van der Waals surface area contributed by atoms with E-state index in [4.69, 9.17) is 21.3 Å². The highest BCUT2D eigenvalue weighted by molar-refractivity contribution is 6.36. The first-order valence-corrected chi connectivity index (χ1v) is 15.0. The first kappa shape index (κ1) is 28.9. The third-order valence-corrected chi connectivity index (χ3v) is 8.67. The summed E-state index contributed by atoms with van der Waals surface area (Å²) in [5, 5.41) is 0.921. The molecule has 0 radical (unpaired) electrons. The predicted molar refractivity (Wildman–Crippen MR) is 170 cm³/mol. The van der Waals surface area contributed by atoms with Crippen molar-refractivity contribution in [3.05, 3.63) is 81.5 Å². The van der Waals surface area contributed by atoms with Gasteiger partial charge in [-0.15, -0.1) is 0 Å². The summed E-state index contributed by atoms with van der Waals surface area (Å²) in [6.45, 7) is 15.5. The van der Waals surface area contributed by atoms with Gasteiger partial charge in [0.05, 0.1) is 23.1 Å². The summed E-state index contributed by atoms with van der Waals surface area (Å²) in [7, 11) is 0. The van der Waals surface area contributed by atoms with Crippen molar-refractivity contribution in [2.24, 2.45) is 0 Å². The maximum Gasteiger partial charge on any atom is 0.355 e. The molecule has 1 atom stereocenters. The second-order valence-electron chi connectivity index (χ2n) is 11.8. The van der Waals surface area contributed by atoms with Crippen molar-refractivity contribution in [3.8, 4) is 22.7 Å². The number of anilines is 1. The summed E-state index contributed by atoms with van der Waals surface area (Å²) in [6.07, 6.45) is 3.08. The van der Waals surface area contributed by atoms with E-state index in [0.29, 0.717) is 64.6 Å². The zero-order chi connectivity index (χ0) is 30.6. The third-order valence-electron chi connectivity index (χ3n) is 8.32. The molecule has 3 aromatic heterocycles. The van der Waals surface area contributed by atoms with E-state index >= 15 is 0 Å². The van der Waals surface area contributed by atoms with Gasteiger partial charge in [0.25, 0.3) is 0 Å². The van der Waals surface area contributed by atoms with Gasteiger partial charge >= 0.3 is 5.69 Å². The molecule has 0 N–H and O–H groups in total. The highest BCUT2D eigenvalue weighted by Gasteiger charge is 2.37. The first-order chi connectivity index (χ1) is 20.6. The summed E-state index contributed by atoms with van der Waals surface area (Å²) in [6, 6.07) is 9.76. The Hall–Kier alpha value is -4.24. The summed E-state index contributed by atoms with van der Waals surface area (Å²) >= 11 is 7.17. The van der Waals surface area contributed by atoms with Crippen LogP contribution in [0.3, 0.4) is 0 Å². The molecular formula is C33H35ClN6O3. The number of hydrogen-bond acceptors (Lipinski definition) is 7. The number of aromatic nitrogens is 4. The van der Waals surface area contributed by atoms with E-state index in [1.165, 1.54) is 6.08 Å². The number of carbonyl (C=O) groups excluding carboxylic acids is 1. The molecule has 10 heteroatoms. The molecule has 0 aliphatic carbocycles. The smallest absolute Gasteiger partial charge is 0.355 e. The van der Waals surface area contributed by atoms with E-state index in [1.807, 2.05) is 43.9 Å². The number of pyridine rings is 2. The number of amides is 1. The van der Waals surface area contributed by atoms with Crippen molar-refractivity contribution >= 4 is 34.4 Å². The number of halogens is 1. The van der Waals surface area contributed by atoms with Crippen LogP contribution in [0.5, 0.6) is 5.75 Å². The summed E-state index contributed by atoms with van der Waals surface area (Å²) in [5.74, 6) is 1.09. The molecule has 1 saturated heterocycles. The second kappa shape index (κ2) is 11.1. The number of rotatable bonds is 5. The standard InChI is InChI=1S/C33H35ClN6O3/c1-7-24(41)38-13-14-39-23(16-38)17-43-30-25-31(39)37-33(42)40(29-20(6)11-12-35-27(29)19(4)5)32(25)36-28(26(30)34)22-10-8-9-21(15-22)18(2)3/h7-12,15,18-19,23H,1,13-14,16-17H2,2-6H3/t23-/m0/s1. The van der Waals surface area contributed by atoms with Crippen LogP contribution in [0.15, 0.2) is 54.0 Å². The van der Waals surface area contributed by atoms with Gasteiger partial charge in [-0.05, 0) is 48.1 Å². The molecule has 2 aliphatic rings. The number of piperazine rings is 1. The molecule has 4 aromatic rings. The second-order valence-corrected chi connectivity index (χ2v) is 12.2. The van der Waals surface area contributed by atoms with E-state index < -0.39 is 5.69 Å². The number of fused-ring (bicyclic) bond motifs is 2. The molecule has 0 unspecified atom stereocenters. The molecule has 0 spiro atoms. The van der Waals surface area contributed by atoms with Crippen LogP contribution in [0.4, 0.5) is 5.82 Å². The molecule has 6 rings (SSSR count). The Balaban J connectivity index is 1.68. The Labute approximate surface area is 255 Å². The van der Waals surface area contributed by atoms with Gasteiger partial charge in [-0.2, -0.15) is 4.98 Å². The molecule has 0 saturated carbocycles. The highest BCUT2D eigenvalue weighted by Crippen LogP contribution is 2.45. The minimum atomic E-state index is -0.464. The molecular weight excluding hydrogens is 564 g/mol. The largest absolute Gasteiger partial charge is 0.489 e. The van der Waals surface area contributed by atoms with E-state index in [0.717, 1.165) is 22.4 Å². The zero-order valence-corrected chi connectivity index (χ0v) is 25.9. The van der Waals surface area contributed by atoms with E-state index in [-0.39, 0.29) is 24.5 Å². The van der Waals surface area contributed by atoms with E-state index in [2.05, 4.69) is 42.5 Å². The monoisotopic (exact) mass is 598 g/mol. The molecule has 1 amide bonds. The SMILES string of the molecule is C=CC(=O)N1CCN2c3nc(=O)n(-c4c(C)ccnc4C(C)C)c4nc(-c5cccc(C(C)C)c5)c(Cl)c(c34)OC[C@@H]2C1. The quantitative estimate of drug-likeness (QED) is 0.274. The normalized spacial score (nSPS) is 16.3. The first-order valence-electron chi connectivity index (χ1n) is 14.6. The molecule has 1 fully saturated rings. The molecule has 1 aromatic carbocycles. The van der Waals surface area contributed by atoms with Gasteiger partial charge in [-0.3, -0.25) is 9.78 Å². The van der Waals surface area contributed by atoms with Crippen LogP contribution >= 0.6 is 11.6 Å². The lowest BCUT2D eigenvalue weighted by Crippen LogP contribution is -2.56. The lowest BCUT2D eigenvalue weighted by Gasteiger charge is -2.40. The van der Waals surface area contributed by atoms with Gasteiger partial charge in [-0.1, -0.05) is 64.1 Å². The fourth-order valence-corrected chi connectivity index (χ4v) is 6.33. The fraction of sp³-hybridized carbons (Fsp3) is 0.364. The average molecular weight is 599 g/mol. The van der Waals surface area contributed by atoms with Crippen LogP contribution in [0.1, 0.15) is 56.4 Å². The predicted octanol–water partition coefficient (Wildman–Crippen LogP) is 5.65. The Kier molecular flexibility index (Phi) is 7.46. The van der Waals surface area contributed by atoms with Crippen LogP contribution < -0.4 is 15.3 Å². The van der Waals surface area contributed by atoms with Crippen LogP contribution in [0.2, 0.25) is 5.02 Å². The lowest BCUT2D eigenvalue weighted by molar-refractivity contribution is -0.126. The van der Waals surface area contributed by atoms with Crippen LogP contribution in [-0.4, -0.2) is 62.6 Å². The Bertz CT molecular complexity index is 1830. The van der Waals surface area contributed by atoms with Gasteiger partial charge < -0.3 is 14.5 Å². The zero-order valence-electron chi connectivity index (χ0n) is 25.1. The molecule has 9 nitrogen and oxygen atoms in total.